The summed E-state index contributed by atoms with van der Waals surface area (Å²) in [7, 11) is 0. The Balaban J connectivity index is 1.43. The summed E-state index contributed by atoms with van der Waals surface area (Å²) in [5.74, 6) is -1.32. The number of nitrogens with zero attached hydrogens (tertiary/aromatic N) is 1. The van der Waals surface area contributed by atoms with E-state index in [0.717, 1.165) is 11.1 Å². The molecule has 1 amide bonds. The molecule has 0 bridgehead atoms. The Hall–Kier alpha value is -4.24. The lowest BCUT2D eigenvalue weighted by molar-refractivity contribution is -0.147. The van der Waals surface area contributed by atoms with Crippen LogP contribution in [0.1, 0.15) is 28.8 Å². The van der Waals surface area contributed by atoms with Crippen LogP contribution in [-0.2, 0) is 14.3 Å². The van der Waals surface area contributed by atoms with Crippen molar-refractivity contribution in [3.05, 3.63) is 90.0 Å². The van der Waals surface area contributed by atoms with Crippen molar-refractivity contribution in [1.29, 1.82) is 5.26 Å². The molecule has 0 unspecified atom stereocenters. The van der Waals surface area contributed by atoms with E-state index in [1.807, 2.05) is 48.5 Å². The Morgan fingerprint density at radius 1 is 0.839 bits per heavy atom. The second-order valence-electron chi connectivity index (χ2n) is 6.77. The summed E-state index contributed by atoms with van der Waals surface area (Å²) in [4.78, 5) is 36.1. The van der Waals surface area contributed by atoms with Gasteiger partial charge in [0, 0.05) is 17.7 Å². The summed E-state index contributed by atoms with van der Waals surface area (Å²) in [5.41, 5.74) is 3.42. The number of ketones is 1. The minimum atomic E-state index is -0.629. The molecule has 1 N–H and O–H groups in total. The number of Topliss-reactive ketones (excluding diaryl/α,β-unsaturated/α-hetero) is 1. The fourth-order valence-corrected chi connectivity index (χ4v) is 2.92. The molecule has 3 rings (SSSR count). The summed E-state index contributed by atoms with van der Waals surface area (Å²) in [6, 6.07) is 25.4. The van der Waals surface area contributed by atoms with Gasteiger partial charge in [0.25, 0.3) is 5.91 Å². The Kier molecular flexibility index (Phi) is 7.28. The van der Waals surface area contributed by atoms with Gasteiger partial charge in [0.2, 0.25) is 0 Å². The average molecular weight is 412 g/mol. The fourth-order valence-electron chi connectivity index (χ4n) is 2.92. The summed E-state index contributed by atoms with van der Waals surface area (Å²) in [6.45, 7) is -0.463. The van der Waals surface area contributed by atoms with Gasteiger partial charge in [0.05, 0.1) is 18.1 Å². The second-order valence-corrected chi connectivity index (χ2v) is 6.77. The maximum atomic E-state index is 12.3. The van der Waals surface area contributed by atoms with Crippen LogP contribution in [0, 0.1) is 11.3 Å². The summed E-state index contributed by atoms with van der Waals surface area (Å²) >= 11 is 0. The van der Waals surface area contributed by atoms with Crippen molar-refractivity contribution < 1.29 is 19.1 Å². The van der Waals surface area contributed by atoms with E-state index in [1.165, 1.54) is 6.07 Å². The van der Waals surface area contributed by atoms with Gasteiger partial charge in [0.1, 0.15) is 0 Å². The zero-order valence-corrected chi connectivity index (χ0v) is 16.7. The van der Waals surface area contributed by atoms with Crippen molar-refractivity contribution in [2.45, 2.75) is 12.8 Å². The quantitative estimate of drug-likeness (QED) is 0.438. The normalized spacial score (nSPS) is 10.0. The Bertz CT molecular complexity index is 1120. The van der Waals surface area contributed by atoms with Gasteiger partial charge in [-0.1, -0.05) is 60.7 Å². The van der Waals surface area contributed by atoms with Crippen molar-refractivity contribution in [3.8, 4) is 17.2 Å². The third kappa shape index (κ3) is 6.38. The molecule has 0 spiro atoms. The summed E-state index contributed by atoms with van der Waals surface area (Å²) in [6.07, 6.45) is -0.119. The van der Waals surface area contributed by atoms with Crippen LogP contribution in [0.3, 0.4) is 0 Å². The summed E-state index contributed by atoms with van der Waals surface area (Å²) in [5, 5.41) is 11.4. The average Bonchev–Trinajstić information content (AvgIpc) is 2.82. The minimum absolute atomic E-state index is 0.00461. The first kappa shape index (κ1) is 21.5. The molecule has 0 aliphatic heterocycles. The van der Waals surface area contributed by atoms with Crippen LogP contribution in [0.5, 0.6) is 0 Å². The maximum absolute atomic E-state index is 12.3. The van der Waals surface area contributed by atoms with Gasteiger partial charge in [-0.15, -0.1) is 0 Å². The molecule has 0 aliphatic rings. The zero-order valence-electron chi connectivity index (χ0n) is 16.7. The van der Waals surface area contributed by atoms with Crippen molar-refractivity contribution in [3.63, 3.8) is 0 Å². The number of rotatable bonds is 8. The molecule has 6 heteroatoms. The first-order chi connectivity index (χ1) is 15.0. The summed E-state index contributed by atoms with van der Waals surface area (Å²) < 4.78 is 4.93. The van der Waals surface area contributed by atoms with Gasteiger partial charge in [-0.25, -0.2) is 0 Å². The SMILES string of the molecule is N#Cc1cccc(NC(=O)COC(=O)CCC(=O)c2ccc(-c3ccccc3)cc2)c1. The molecule has 0 saturated heterocycles. The smallest absolute Gasteiger partial charge is 0.306 e. The van der Waals surface area contributed by atoms with Crippen LogP contribution >= 0.6 is 0 Å². The number of amides is 1. The number of nitrogens with one attached hydrogen (secondary N) is 1. The zero-order chi connectivity index (χ0) is 22.1. The second kappa shape index (κ2) is 10.5. The highest BCUT2D eigenvalue weighted by molar-refractivity contribution is 5.98. The van der Waals surface area contributed by atoms with Crippen LogP contribution in [0.25, 0.3) is 11.1 Å². The molecule has 154 valence electrons. The first-order valence-electron chi connectivity index (χ1n) is 9.69. The van der Waals surface area contributed by atoms with E-state index in [0.29, 0.717) is 16.8 Å². The number of nitriles is 1. The van der Waals surface area contributed by atoms with Gasteiger partial charge in [-0.3, -0.25) is 14.4 Å². The minimum Gasteiger partial charge on any atom is -0.456 e. The molecular formula is C25H20N2O4. The molecule has 31 heavy (non-hydrogen) atoms. The largest absolute Gasteiger partial charge is 0.456 e. The standard InChI is InChI=1S/C25H20N2O4/c26-16-18-5-4-8-22(15-18)27-24(29)17-31-25(30)14-13-23(28)21-11-9-20(10-12-21)19-6-2-1-3-7-19/h1-12,15H,13-14,17H2,(H,27,29). The van der Waals surface area contributed by atoms with Crippen molar-refractivity contribution in [2.75, 3.05) is 11.9 Å². The van der Waals surface area contributed by atoms with Gasteiger partial charge in [-0.2, -0.15) is 5.26 Å². The molecule has 0 atom stereocenters. The van der Waals surface area contributed by atoms with E-state index >= 15 is 0 Å². The molecule has 0 radical (unpaired) electrons. The maximum Gasteiger partial charge on any atom is 0.306 e. The lowest BCUT2D eigenvalue weighted by atomic mass is 10.0. The molecule has 6 nitrogen and oxygen atoms in total. The van der Waals surface area contributed by atoms with Crippen LogP contribution in [-0.4, -0.2) is 24.3 Å². The predicted octanol–water partition coefficient (Wildman–Crippen LogP) is 4.37. The van der Waals surface area contributed by atoms with E-state index in [-0.39, 0.29) is 18.6 Å². The third-order valence-corrected chi connectivity index (χ3v) is 4.51. The van der Waals surface area contributed by atoms with Crippen LogP contribution < -0.4 is 5.32 Å². The van der Waals surface area contributed by atoms with E-state index in [9.17, 15) is 14.4 Å². The van der Waals surface area contributed by atoms with Gasteiger partial charge in [0.15, 0.2) is 12.4 Å². The van der Waals surface area contributed by atoms with Crippen LogP contribution in [0.15, 0.2) is 78.9 Å². The highest BCUT2D eigenvalue weighted by Crippen LogP contribution is 2.20. The lowest BCUT2D eigenvalue weighted by Gasteiger charge is -2.07. The number of carbonyl (C=O) groups is 3. The molecule has 3 aromatic carbocycles. The number of ether oxygens (including phenoxy) is 1. The van der Waals surface area contributed by atoms with Crippen molar-refractivity contribution >= 4 is 23.3 Å². The topological polar surface area (TPSA) is 96.3 Å². The third-order valence-electron chi connectivity index (χ3n) is 4.51. The number of hydrogen-bond acceptors (Lipinski definition) is 5. The van der Waals surface area contributed by atoms with Crippen molar-refractivity contribution in [2.24, 2.45) is 0 Å². The molecule has 0 aliphatic carbocycles. The predicted molar refractivity (Wildman–Crippen MR) is 116 cm³/mol. The monoisotopic (exact) mass is 412 g/mol. The Morgan fingerprint density at radius 3 is 2.26 bits per heavy atom. The number of esters is 1. The highest BCUT2D eigenvalue weighted by Gasteiger charge is 2.12. The number of carbonyl (C=O) groups excluding carboxylic acids is 3. The van der Waals surface area contributed by atoms with E-state index in [1.54, 1.807) is 30.3 Å². The number of hydrogen-bond donors (Lipinski definition) is 1. The molecule has 0 heterocycles. The molecule has 0 fully saturated rings. The fraction of sp³-hybridized carbons (Fsp3) is 0.120. The van der Waals surface area contributed by atoms with E-state index in [4.69, 9.17) is 10.00 Å². The first-order valence-corrected chi connectivity index (χ1v) is 9.69. The van der Waals surface area contributed by atoms with Crippen LogP contribution in [0.4, 0.5) is 5.69 Å². The highest BCUT2D eigenvalue weighted by atomic mass is 16.5. The molecule has 3 aromatic rings. The van der Waals surface area contributed by atoms with Gasteiger partial charge >= 0.3 is 5.97 Å². The Morgan fingerprint density at radius 2 is 1.55 bits per heavy atom. The number of anilines is 1. The molecular weight excluding hydrogens is 392 g/mol. The lowest BCUT2D eigenvalue weighted by Crippen LogP contribution is -2.21. The van der Waals surface area contributed by atoms with Gasteiger partial charge in [-0.05, 0) is 29.3 Å². The number of benzene rings is 3. The molecule has 0 aromatic heterocycles. The van der Waals surface area contributed by atoms with Crippen LogP contribution in [0.2, 0.25) is 0 Å². The van der Waals surface area contributed by atoms with E-state index in [2.05, 4.69) is 5.32 Å². The molecule has 0 saturated carbocycles. The Labute approximate surface area is 180 Å². The van der Waals surface area contributed by atoms with Gasteiger partial charge < -0.3 is 10.1 Å². The van der Waals surface area contributed by atoms with E-state index < -0.39 is 18.5 Å². The van der Waals surface area contributed by atoms with Crippen molar-refractivity contribution in [1.82, 2.24) is 0 Å².